The second-order valence-corrected chi connectivity index (χ2v) is 4.93. The summed E-state index contributed by atoms with van der Waals surface area (Å²) in [6, 6.07) is 10.3. The minimum absolute atomic E-state index is 0.414. The Hall–Kier alpha value is -1.00. The first-order valence-corrected chi connectivity index (χ1v) is 6.18. The van der Waals surface area contributed by atoms with E-state index in [1.165, 1.54) is 6.07 Å². The molecule has 0 aliphatic rings. The van der Waals surface area contributed by atoms with Crippen LogP contribution in [0.2, 0.25) is 5.02 Å². The van der Waals surface area contributed by atoms with Gasteiger partial charge in [0.15, 0.2) is 0 Å². The molecule has 18 heavy (non-hydrogen) atoms. The van der Waals surface area contributed by atoms with Crippen LogP contribution in [0.4, 0.5) is 13.2 Å². The maximum Gasteiger partial charge on any atom is 0.416 e. The van der Waals surface area contributed by atoms with Gasteiger partial charge in [0, 0.05) is 15.1 Å². The molecule has 0 fully saturated rings. The number of halogens is 5. The highest BCUT2D eigenvalue weighted by atomic mass is 79.9. The van der Waals surface area contributed by atoms with E-state index in [0.717, 1.165) is 12.1 Å². The molecule has 0 aromatic heterocycles. The van der Waals surface area contributed by atoms with Crippen molar-refractivity contribution in [2.45, 2.75) is 6.18 Å². The SMILES string of the molecule is FC(F)(F)c1ccc(Br)c(-c2ccccc2Cl)c1. The third kappa shape index (κ3) is 2.70. The summed E-state index contributed by atoms with van der Waals surface area (Å²) in [4.78, 5) is 0. The monoisotopic (exact) mass is 334 g/mol. The van der Waals surface area contributed by atoms with Gasteiger partial charge in [-0.3, -0.25) is 0 Å². The molecule has 0 unspecified atom stereocenters. The number of benzene rings is 2. The van der Waals surface area contributed by atoms with Crippen molar-refractivity contribution in [3.05, 3.63) is 57.5 Å². The minimum atomic E-state index is -4.36. The van der Waals surface area contributed by atoms with E-state index >= 15 is 0 Å². The molecular formula is C13H7BrClF3. The fourth-order valence-corrected chi connectivity index (χ4v) is 2.29. The average Bonchev–Trinajstić information content (AvgIpc) is 2.29. The van der Waals surface area contributed by atoms with E-state index in [9.17, 15) is 13.2 Å². The van der Waals surface area contributed by atoms with Crippen LogP contribution in [-0.4, -0.2) is 0 Å². The molecule has 0 bridgehead atoms. The molecule has 0 saturated carbocycles. The van der Waals surface area contributed by atoms with Crippen molar-refractivity contribution in [2.24, 2.45) is 0 Å². The number of alkyl halides is 3. The van der Waals surface area contributed by atoms with Crippen molar-refractivity contribution in [2.75, 3.05) is 0 Å². The quantitative estimate of drug-likeness (QED) is 0.619. The summed E-state index contributed by atoms with van der Waals surface area (Å²) in [6.45, 7) is 0. The maximum absolute atomic E-state index is 12.7. The Morgan fingerprint density at radius 3 is 2.22 bits per heavy atom. The van der Waals surface area contributed by atoms with Crippen LogP contribution >= 0.6 is 27.5 Å². The zero-order chi connectivity index (χ0) is 13.3. The van der Waals surface area contributed by atoms with Crippen LogP contribution in [0, 0.1) is 0 Å². The Morgan fingerprint density at radius 1 is 0.944 bits per heavy atom. The fourth-order valence-electron chi connectivity index (χ4n) is 1.59. The molecule has 0 N–H and O–H groups in total. The summed E-state index contributed by atoms with van der Waals surface area (Å²) in [7, 11) is 0. The predicted molar refractivity (Wildman–Crippen MR) is 69.6 cm³/mol. The highest BCUT2D eigenvalue weighted by molar-refractivity contribution is 9.10. The molecule has 0 amide bonds. The van der Waals surface area contributed by atoms with Gasteiger partial charge in [0.05, 0.1) is 5.56 Å². The predicted octanol–water partition coefficient (Wildman–Crippen LogP) is 5.79. The zero-order valence-electron chi connectivity index (χ0n) is 8.93. The maximum atomic E-state index is 12.7. The van der Waals surface area contributed by atoms with Gasteiger partial charge in [0.25, 0.3) is 0 Å². The van der Waals surface area contributed by atoms with Crippen molar-refractivity contribution in [3.8, 4) is 11.1 Å². The summed E-state index contributed by atoms with van der Waals surface area (Å²) in [6.07, 6.45) is -4.36. The molecule has 0 aliphatic heterocycles. The summed E-state index contributed by atoms with van der Waals surface area (Å²) in [5.41, 5.74) is 0.299. The molecule has 2 aromatic rings. The van der Waals surface area contributed by atoms with Gasteiger partial charge < -0.3 is 0 Å². The Kier molecular flexibility index (Phi) is 3.69. The van der Waals surface area contributed by atoms with Crippen LogP contribution in [0.3, 0.4) is 0 Å². The average molecular weight is 336 g/mol. The standard InChI is InChI=1S/C13H7BrClF3/c14-11-6-5-8(13(16,17)18)7-10(11)9-3-1-2-4-12(9)15/h1-7H. The van der Waals surface area contributed by atoms with E-state index < -0.39 is 11.7 Å². The first-order chi connectivity index (χ1) is 8.39. The van der Waals surface area contributed by atoms with E-state index in [1.807, 2.05) is 0 Å². The van der Waals surface area contributed by atoms with Gasteiger partial charge in [0.2, 0.25) is 0 Å². The van der Waals surface area contributed by atoms with Crippen molar-refractivity contribution in [3.63, 3.8) is 0 Å². The fraction of sp³-hybridized carbons (Fsp3) is 0.0769. The normalized spacial score (nSPS) is 11.6. The summed E-state index contributed by atoms with van der Waals surface area (Å²) < 4.78 is 38.6. The van der Waals surface area contributed by atoms with Crippen molar-refractivity contribution >= 4 is 27.5 Å². The lowest BCUT2D eigenvalue weighted by Crippen LogP contribution is -2.04. The molecule has 94 valence electrons. The molecule has 0 heterocycles. The Labute approximate surface area is 116 Å². The third-order valence-corrected chi connectivity index (χ3v) is 3.48. The van der Waals surface area contributed by atoms with Gasteiger partial charge in [-0.15, -0.1) is 0 Å². The van der Waals surface area contributed by atoms with Gasteiger partial charge in [-0.2, -0.15) is 13.2 Å². The van der Waals surface area contributed by atoms with E-state index in [1.54, 1.807) is 24.3 Å². The molecule has 2 rings (SSSR count). The van der Waals surface area contributed by atoms with E-state index in [0.29, 0.717) is 20.6 Å². The minimum Gasteiger partial charge on any atom is -0.166 e. The number of hydrogen-bond donors (Lipinski definition) is 0. The van der Waals surface area contributed by atoms with Crippen LogP contribution in [0.1, 0.15) is 5.56 Å². The van der Waals surface area contributed by atoms with Gasteiger partial charge in [-0.1, -0.05) is 45.7 Å². The number of hydrogen-bond acceptors (Lipinski definition) is 0. The van der Waals surface area contributed by atoms with Gasteiger partial charge in [-0.25, -0.2) is 0 Å². The van der Waals surface area contributed by atoms with Gasteiger partial charge in [0.1, 0.15) is 0 Å². The topological polar surface area (TPSA) is 0 Å². The summed E-state index contributed by atoms with van der Waals surface area (Å²) in [5.74, 6) is 0. The molecule has 0 radical (unpaired) electrons. The molecule has 0 saturated heterocycles. The molecule has 0 aliphatic carbocycles. The van der Waals surface area contributed by atoms with Crippen molar-refractivity contribution in [1.29, 1.82) is 0 Å². The van der Waals surface area contributed by atoms with Crippen LogP contribution in [0.5, 0.6) is 0 Å². The van der Waals surface area contributed by atoms with Gasteiger partial charge in [-0.05, 0) is 29.8 Å². The summed E-state index contributed by atoms with van der Waals surface area (Å²) >= 11 is 9.24. The van der Waals surface area contributed by atoms with Crippen molar-refractivity contribution in [1.82, 2.24) is 0 Å². The highest BCUT2D eigenvalue weighted by Gasteiger charge is 2.31. The van der Waals surface area contributed by atoms with Crippen LogP contribution < -0.4 is 0 Å². The summed E-state index contributed by atoms with van der Waals surface area (Å²) in [5, 5.41) is 0.414. The van der Waals surface area contributed by atoms with Crippen LogP contribution in [0.15, 0.2) is 46.9 Å². The Balaban J connectivity index is 2.61. The molecule has 0 nitrogen and oxygen atoms in total. The number of rotatable bonds is 1. The molecule has 2 aromatic carbocycles. The molecule has 0 spiro atoms. The smallest absolute Gasteiger partial charge is 0.166 e. The lowest BCUT2D eigenvalue weighted by Gasteiger charge is -2.11. The zero-order valence-corrected chi connectivity index (χ0v) is 11.3. The van der Waals surface area contributed by atoms with Gasteiger partial charge >= 0.3 is 6.18 Å². The van der Waals surface area contributed by atoms with E-state index in [2.05, 4.69) is 15.9 Å². The Morgan fingerprint density at radius 2 is 1.61 bits per heavy atom. The molecular weight excluding hydrogens is 328 g/mol. The Bertz CT molecular complexity index is 579. The first kappa shape index (κ1) is 13.4. The van der Waals surface area contributed by atoms with Crippen molar-refractivity contribution < 1.29 is 13.2 Å². The second kappa shape index (κ2) is 4.94. The second-order valence-electron chi connectivity index (χ2n) is 3.67. The first-order valence-electron chi connectivity index (χ1n) is 5.01. The van der Waals surface area contributed by atoms with Crippen LogP contribution in [-0.2, 0) is 6.18 Å². The largest absolute Gasteiger partial charge is 0.416 e. The molecule has 0 atom stereocenters. The third-order valence-electron chi connectivity index (χ3n) is 2.46. The lowest BCUT2D eigenvalue weighted by molar-refractivity contribution is -0.137. The lowest BCUT2D eigenvalue weighted by atomic mass is 10.0. The van der Waals surface area contributed by atoms with Crippen LogP contribution in [0.25, 0.3) is 11.1 Å². The van der Waals surface area contributed by atoms with E-state index in [-0.39, 0.29) is 0 Å². The van der Waals surface area contributed by atoms with E-state index in [4.69, 9.17) is 11.6 Å². The molecule has 5 heteroatoms. The highest BCUT2D eigenvalue weighted by Crippen LogP contribution is 2.38.